The van der Waals surface area contributed by atoms with Crippen LogP contribution in [-0.2, 0) is 0 Å². The van der Waals surface area contributed by atoms with E-state index in [1.54, 1.807) is 6.07 Å². The molecule has 172 valence electrons. The summed E-state index contributed by atoms with van der Waals surface area (Å²) in [4.78, 5) is 15.3. The molecule has 0 bridgehead atoms. The fraction of sp³-hybridized carbons (Fsp3) is 0.593. The number of hydrogen-bond donors (Lipinski definition) is 2. The summed E-state index contributed by atoms with van der Waals surface area (Å²) in [6, 6.07) is 9.10. The van der Waals surface area contributed by atoms with Gasteiger partial charge in [-0.15, -0.1) is 0 Å². The van der Waals surface area contributed by atoms with Crippen molar-refractivity contribution in [1.29, 1.82) is 0 Å². The van der Waals surface area contributed by atoms with Gasteiger partial charge in [0.25, 0.3) is 5.91 Å². The third kappa shape index (κ3) is 7.75. The van der Waals surface area contributed by atoms with Crippen LogP contribution in [-0.4, -0.2) is 29.0 Å². The first-order valence-corrected chi connectivity index (χ1v) is 12.4. The van der Waals surface area contributed by atoms with Crippen LogP contribution in [0, 0.1) is 0 Å². The molecule has 2 aromatic carbocycles. The number of anilines is 1. The summed E-state index contributed by atoms with van der Waals surface area (Å²) in [6.07, 6.45) is 14.3. The molecule has 3 N–H and O–H groups in total. The Hall–Kier alpha value is -2.23. The van der Waals surface area contributed by atoms with Gasteiger partial charge < -0.3 is 15.7 Å². The van der Waals surface area contributed by atoms with Gasteiger partial charge in [-0.25, -0.2) is 0 Å². The average Bonchev–Trinajstić information content (AvgIpc) is 2.79. The Bertz CT molecular complexity index is 787. The van der Waals surface area contributed by atoms with E-state index in [0.717, 1.165) is 44.2 Å². The smallest absolute Gasteiger partial charge is 0.257 e. The van der Waals surface area contributed by atoms with Gasteiger partial charge in [-0.1, -0.05) is 102 Å². The third-order valence-electron chi connectivity index (χ3n) is 6.13. The highest BCUT2D eigenvalue weighted by molar-refractivity contribution is 6.07. The van der Waals surface area contributed by atoms with Crippen LogP contribution in [0.3, 0.4) is 0 Å². The molecule has 4 heteroatoms. The normalized spacial score (nSPS) is 11.2. The van der Waals surface area contributed by atoms with Crippen molar-refractivity contribution in [2.75, 3.05) is 18.8 Å². The number of nitrogens with zero attached hydrogens (tertiary/aromatic N) is 1. The lowest BCUT2D eigenvalue weighted by Gasteiger charge is -2.24. The number of nitrogen functional groups attached to an aromatic ring is 1. The zero-order valence-electron chi connectivity index (χ0n) is 19.7. The number of phenols is 1. The molecule has 0 saturated heterocycles. The number of rotatable bonds is 15. The molecular weight excluding hydrogens is 384 g/mol. The van der Waals surface area contributed by atoms with E-state index in [1.165, 1.54) is 51.4 Å². The summed E-state index contributed by atoms with van der Waals surface area (Å²) in [5.41, 5.74) is 7.08. The van der Waals surface area contributed by atoms with E-state index < -0.39 is 0 Å². The van der Waals surface area contributed by atoms with E-state index in [0.29, 0.717) is 16.6 Å². The average molecular weight is 427 g/mol. The fourth-order valence-electron chi connectivity index (χ4n) is 4.20. The largest absolute Gasteiger partial charge is 0.506 e. The molecule has 31 heavy (non-hydrogen) atoms. The lowest BCUT2D eigenvalue weighted by Crippen LogP contribution is -2.33. The minimum absolute atomic E-state index is 0.0469. The summed E-state index contributed by atoms with van der Waals surface area (Å²) in [6.45, 7) is 5.93. The molecule has 2 rings (SSSR count). The van der Waals surface area contributed by atoms with Crippen molar-refractivity contribution in [3.63, 3.8) is 0 Å². The number of fused-ring (bicyclic) bond motifs is 1. The van der Waals surface area contributed by atoms with Crippen molar-refractivity contribution in [2.24, 2.45) is 0 Å². The number of unbranched alkanes of at least 4 members (excludes halogenated alkanes) is 10. The van der Waals surface area contributed by atoms with E-state index in [4.69, 9.17) is 5.73 Å². The first kappa shape index (κ1) is 25.0. The van der Waals surface area contributed by atoms with Crippen LogP contribution in [0.15, 0.2) is 30.3 Å². The van der Waals surface area contributed by atoms with E-state index in [2.05, 4.69) is 13.8 Å². The minimum atomic E-state index is -0.0999. The first-order valence-electron chi connectivity index (χ1n) is 12.4. The highest BCUT2D eigenvalue weighted by atomic mass is 16.3. The van der Waals surface area contributed by atoms with Crippen LogP contribution in [0.25, 0.3) is 10.8 Å². The first-order chi connectivity index (χ1) is 15.1. The number of hydrogen-bond acceptors (Lipinski definition) is 3. The lowest BCUT2D eigenvalue weighted by molar-refractivity contribution is 0.0746. The van der Waals surface area contributed by atoms with E-state index in [9.17, 15) is 9.90 Å². The van der Waals surface area contributed by atoms with Crippen LogP contribution < -0.4 is 5.73 Å². The van der Waals surface area contributed by atoms with Crippen LogP contribution >= 0.6 is 0 Å². The predicted molar refractivity (Wildman–Crippen MR) is 133 cm³/mol. The standard InChI is InChI=1S/C27H42N2O2/c1-3-5-7-9-11-15-19-29(20-16-12-10-8-6-4-2)27(31)24-21-25(28)22-17-13-14-18-23(22)26(24)30/h13-14,17-18,21,30H,3-12,15-16,19-20,28H2,1-2H3. The van der Waals surface area contributed by atoms with Gasteiger partial charge in [0.1, 0.15) is 5.75 Å². The highest BCUT2D eigenvalue weighted by Crippen LogP contribution is 2.34. The minimum Gasteiger partial charge on any atom is -0.506 e. The predicted octanol–water partition coefficient (Wildman–Crippen LogP) is 7.29. The molecule has 0 heterocycles. The molecule has 0 aliphatic heterocycles. The van der Waals surface area contributed by atoms with Crippen LogP contribution in [0.5, 0.6) is 5.75 Å². The van der Waals surface area contributed by atoms with Gasteiger partial charge in [0.2, 0.25) is 0 Å². The summed E-state index contributed by atoms with van der Waals surface area (Å²) in [5, 5.41) is 12.3. The van der Waals surface area contributed by atoms with Crippen LogP contribution in [0.2, 0.25) is 0 Å². The maximum absolute atomic E-state index is 13.4. The number of nitrogens with two attached hydrogens (primary N) is 1. The SMILES string of the molecule is CCCCCCCCN(CCCCCCCC)C(=O)c1cc(N)c2ccccc2c1O. The molecule has 0 aliphatic carbocycles. The Morgan fingerprint density at radius 1 is 0.806 bits per heavy atom. The molecule has 0 spiro atoms. The Balaban J connectivity index is 2.07. The third-order valence-corrected chi connectivity index (χ3v) is 6.13. The summed E-state index contributed by atoms with van der Waals surface area (Å²) < 4.78 is 0. The summed E-state index contributed by atoms with van der Waals surface area (Å²) in [7, 11) is 0. The van der Waals surface area contributed by atoms with Crippen LogP contribution in [0.1, 0.15) is 101 Å². The summed E-state index contributed by atoms with van der Waals surface area (Å²) in [5.74, 6) is -0.0530. The number of phenolic OH excluding ortho intramolecular Hbond substituents is 1. The fourth-order valence-corrected chi connectivity index (χ4v) is 4.20. The molecule has 0 saturated carbocycles. The number of aromatic hydroxyl groups is 1. The molecule has 4 nitrogen and oxygen atoms in total. The van der Waals surface area contributed by atoms with Crippen molar-refractivity contribution in [3.05, 3.63) is 35.9 Å². The van der Waals surface area contributed by atoms with Crippen molar-refractivity contribution in [1.82, 2.24) is 4.90 Å². The quantitative estimate of drug-likeness (QED) is 0.178. The van der Waals surface area contributed by atoms with Crippen LogP contribution in [0.4, 0.5) is 5.69 Å². The van der Waals surface area contributed by atoms with E-state index >= 15 is 0 Å². The zero-order chi connectivity index (χ0) is 22.5. The molecule has 0 aromatic heterocycles. The monoisotopic (exact) mass is 426 g/mol. The number of amides is 1. The molecule has 2 aromatic rings. The second-order valence-corrected chi connectivity index (χ2v) is 8.74. The number of carbonyl (C=O) groups is 1. The van der Waals surface area contributed by atoms with E-state index in [1.807, 2.05) is 29.2 Å². The Morgan fingerprint density at radius 3 is 1.84 bits per heavy atom. The maximum Gasteiger partial charge on any atom is 0.257 e. The van der Waals surface area contributed by atoms with Crippen molar-refractivity contribution in [2.45, 2.75) is 90.9 Å². The second-order valence-electron chi connectivity index (χ2n) is 8.74. The summed E-state index contributed by atoms with van der Waals surface area (Å²) >= 11 is 0. The number of carbonyl (C=O) groups excluding carboxylic acids is 1. The maximum atomic E-state index is 13.4. The highest BCUT2D eigenvalue weighted by Gasteiger charge is 2.21. The Morgan fingerprint density at radius 2 is 1.29 bits per heavy atom. The Labute approximate surface area is 188 Å². The number of benzene rings is 2. The second kappa shape index (κ2) is 14.0. The molecular formula is C27H42N2O2. The lowest BCUT2D eigenvalue weighted by atomic mass is 10.0. The van der Waals surface area contributed by atoms with Gasteiger partial charge in [-0.3, -0.25) is 4.79 Å². The van der Waals surface area contributed by atoms with Gasteiger partial charge in [0, 0.05) is 29.5 Å². The molecule has 0 unspecified atom stereocenters. The van der Waals surface area contributed by atoms with Crippen molar-refractivity contribution in [3.8, 4) is 5.75 Å². The molecule has 0 radical (unpaired) electrons. The molecule has 0 aliphatic rings. The van der Waals surface area contributed by atoms with E-state index in [-0.39, 0.29) is 11.7 Å². The van der Waals surface area contributed by atoms with Gasteiger partial charge in [-0.2, -0.15) is 0 Å². The molecule has 1 amide bonds. The molecule has 0 fully saturated rings. The zero-order valence-corrected chi connectivity index (χ0v) is 19.7. The molecule has 0 atom stereocenters. The Kier molecular flexibility index (Phi) is 11.3. The van der Waals surface area contributed by atoms with Crippen molar-refractivity contribution >= 4 is 22.4 Å². The van der Waals surface area contributed by atoms with Gasteiger partial charge in [-0.05, 0) is 18.9 Å². The van der Waals surface area contributed by atoms with Gasteiger partial charge in [0.15, 0.2) is 0 Å². The topological polar surface area (TPSA) is 66.6 Å². The van der Waals surface area contributed by atoms with Gasteiger partial charge in [0.05, 0.1) is 5.56 Å². The van der Waals surface area contributed by atoms with Crippen molar-refractivity contribution < 1.29 is 9.90 Å². The van der Waals surface area contributed by atoms with Gasteiger partial charge >= 0.3 is 0 Å².